The quantitative estimate of drug-likeness (QED) is 0.614. The lowest BCUT2D eigenvalue weighted by atomic mass is 9.86. The SMILES string of the molecule is Cc1ccc(C(=O)COC(=O)C[C@@H]2C[C@@H]3CC[C@@H]2C3)cc1. The molecule has 0 radical (unpaired) electrons. The van der Waals surface area contributed by atoms with E-state index in [4.69, 9.17) is 4.74 Å². The van der Waals surface area contributed by atoms with Gasteiger partial charge in [-0.2, -0.15) is 0 Å². The van der Waals surface area contributed by atoms with Gasteiger partial charge in [0.25, 0.3) is 0 Å². The largest absolute Gasteiger partial charge is 0.457 e. The first-order valence-corrected chi connectivity index (χ1v) is 7.87. The second-order valence-corrected chi connectivity index (χ2v) is 6.59. The molecule has 0 spiro atoms. The second-order valence-electron chi connectivity index (χ2n) is 6.59. The number of carbonyl (C=O) groups is 2. The van der Waals surface area contributed by atoms with Gasteiger partial charge in [0.05, 0.1) is 0 Å². The van der Waals surface area contributed by atoms with E-state index in [2.05, 4.69) is 0 Å². The zero-order chi connectivity index (χ0) is 14.8. The van der Waals surface area contributed by atoms with Gasteiger partial charge in [0, 0.05) is 12.0 Å². The molecule has 2 saturated carbocycles. The Bertz CT molecular complexity index is 532. The molecule has 0 aromatic heterocycles. The van der Waals surface area contributed by atoms with Crippen LogP contribution in [0.1, 0.15) is 48.0 Å². The van der Waals surface area contributed by atoms with Gasteiger partial charge >= 0.3 is 5.97 Å². The number of hydrogen-bond donors (Lipinski definition) is 0. The standard InChI is InChI=1S/C18H22O3/c1-12-2-5-14(6-3-12)17(19)11-21-18(20)10-16-9-13-4-7-15(16)8-13/h2-3,5-6,13,15-16H,4,7-11H2,1H3/t13-,15-,16+/m1/s1. The van der Waals surface area contributed by atoms with E-state index in [1.165, 1.54) is 25.7 Å². The highest BCUT2D eigenvalue weighted by atomic mass is 16.5. The van der Waals surface area contributed by atoms with Gasteiger partial charge in [-0.05, 0) is 43.9 Å². The van der Waals surface area contributed by atoms with Crippen LogP contribution in [0.15, 0.2) is 24.3 Å². The predicted octanol–water partition coefficient (Wildman–Crippen LogP) is 3.55. The summed E-state index contributed by atoms with van der Waals surface area (Å²) in [6.45, 7) is 1.84. The Morgan fingerprint density at radius 2 is 1.90 bits per heavy atom. The van der Waals surface area contributed by atoms with E-state index in [1.807, 2.05) is 19.1 Å². The van der Waals surface area contributed by atoms with Crippen LogP contribution in [0.2, 0.25) is 0 Å². The highest BCUT2D eigenvalue weighted by Gasteiger charge is 2.40. The van der Waals surface area contributed by atoms with Crippen LogP contribution >= 0.6 is 0 Å². The summed E-state index contributed by atoms with van der Waals surface area (Å²) in [5, 5.41) is 0. The first kappa shape index (κ1) is 14.3. The Morgan fingerprint density at radius 3 is 2.52 bits per heavy atom. The minimum absolute atomic E-state index is 0.128. The van der Waals surface area contributed by atoms with E-state index in [0.29, 0.717) is 17.9 Å². The molecule has 2 aliphatic rings. The average molecular weight is 286 g/mol. The molecule has 0 heterocycles. The van der Waals surface area contributed by atoms with Crippen molar-refractivity contribution in [2.24, 2.45) is 17.8 Å². The predicted molar refractivity (Wildman–Crippen MR) is 80.0 cm³/mol. The molecule has 1 aromatic rings. The number of aryl methyl sites for hydroxylation is 1. The maximum absolute atomic E-state index is 11.9. The van der Waals surface area contributed by atoms with E-state index >= 15 is 0 Å². The molecule has 0 N–H and O–H groups in total. The molecular weight excluding hydrogens is 264 g/mol. The first-order chi connectivity index (χ1) is 10.1. The lowest BCUT2D eigenvalue weighted by Gasteiger charge is -2.20. The smallest absolute Gasteiger partial charge is 0.306 e. The van der Waals surface area contributed by atoms with Gasteiger partial charge in [-0.3, -0.25) is 9.59 Å². The van der Waals surface area contributed by atoms with Gasteiger partial charge in [-0.15, -0.1) is 0 Å². The molecule has 2 aliphatic carbocycles. The Labute approximate surface area is 125 Å². The molecule has 0 saturated heterocycles. The summed E-state index contributed by atoms with van der Waals surface area (Å²) in [4.78, 5) is 23.8. The third kappa shape index (κ3) is 3.34. The summed E-state index contributed by atoms with van der Waals surface area (Å²) in [7, 11) is 0. The number of Topliss-reactive ketones (excluding diaryl/α,β-unsaturated/α-hetero) is 1. The topological polar surface area (TPSA) is 43.4 Å². The second kappa shape index (κ2) is 6.00. The van der Waals surface area contributed by atoms with Crippen LogP contribution in [0, 0.1) is 24.7 Å². The fourth-order valence-electron chi connectivity index (χ4n) is 3.87. The van der Waals surface area contributed by atoms with Crippen LogP contribution in [0.5, 0.6) is 0 Å². The van der Waals surface area contributed by atoms with Crippen molar-refractivity contribution in [1.29, 1.82) is 0 Å². The van der Waals surface area contributed by atoms with Gasteiger partial charge < -0.3 is 4.74 Å². The molecule has 2 fully saturated rings. The molecule has 0 unspecified atom stereocenters. The minimum Gasteiger partial charge on any atom is -0.457 e. The number of benzene rings is 1. The van der Waals surface area contributed by atoms with E-state index in [1.54, 1.807) is 12.1 Å². The number of esters is 1. The van der Waals surface area contributed by atoms with E-state index in [0.717, 1.165) is 17.4 Å². The number of fused-ring (bicyclic) bond motifs is 2. The van der Waals surface area contributed by atoms with E-state index < -0.39 is 0 Å². The van der Waals surface area contributed by atoms with Crippen LogP contribution in [0.3, 0.4) is 0 Å². The van der Waals surface area contributed by atoms with Gasteiger partial charge in [0.15, 0.2) is 12.4 Å². The zero-order valence-electron chi connectivity index (χ0n) is 12.5. The summed E-state index contributed by atoms with van der Waals surface area (Å²) >= 11 is 0. The molecule has 21 heavy (non-hydrogen) atoms. The van der Waals surface area contributed by atoms with Crippen molar-refractivity contribution in [1.82, 2.24) is 0 Å². The molecular formula is C18H22O3. The maximum atomic E-state index is 11.9. The molecule has 0 aliphatic heterocycles. The number of ketones is 1. The van der Waals surface area contributed by atoms with Crippen molar-refractivity contribution in [3.05, 3.63) is 35.4 Å². The van der Waals surface area contributed by atoms with E-state index in [-0.39, 0.29) is 18.4 Å². The zero-order valence-corrected chi connectivity index (χ0v) is 12.5. The monoisotopic (exact) mass is 286 g/mol. The minimum atomic E-state index is -0.215. The Balaban J connectivity index is 1.45. The average Bonchev–Trinajstić information content (AvgIpc) is 3.08. The molecule has 3 nitrogen and oxygen atoms in total. The molecule has 3 atom stereocenters. The van der Waals surface area contributed by atoms with E-state index in [9.17, 15) is 9.59 Å². The van der Waals surface area contributed by atoms with Crippen molar-refractivity contribution >= 4 is 11.8 Å². The van der Waals surface area contributed by atoms with Crippen LogP contribution in [0.4, 0.5) is 0 Å². The number of ether oxygens (including phenoxy) is 1. The summed E-state index contributed by atoms with van der Waals surface area (Å²) in [5.41, 5.74) is 1.72. The first-order valence-electron chi connectivity index (χ1n) is 7.87. The summed E-state index contributed by atoms with van der Waals surface area (Å²) in [5.74, 6) is 1.70. The fourth-order valence-corrected chi connectivity index (χ4v) is 3.87. The molecule has 3 rings (SSSR count). The third-order valence-corrected chi connectivity index (χ3v) is 5.05. The molecule has 3 heteroatoms. The summed E-state index contributed by atoms with van der Waals surface area (Å²) < 4.78 is 5.17. The summed E-state index contributed by atoms with van der Waals surface area (Å²) in [6, 6.07) is 7.34. The Kier molecular flexibility index (Phi) is 4.09. The third-order valence-electron chi connectivity index (χ3n) is 5.05. The van der Waals surface area contributed by atoms with Crippen molar-refractivity contribution < 1.29 is 14.3 Å². The van der Waals surface area contributed by atoms with Crippen molar-refractivity contribution in [3.8, 4) is 0 Å². The maximum Gasteiger partial charge on any atom is 0.306 e. The van der Waals surface area contributed by atoms with Crippen molar-refractivity contribution in [2.45, 2.75) is 39.0 Å². The molecule has 1 aromatic carbocycles. The van der Waals surface area contributed by atoms with Crippen LogP contribution in [-0.2, 0) is 9.53 Å². The van der Waals surface area contributed by atoms with Crippen molar-refractivity contribution in [2.75, 3.05) is 6.61 Å². The van der Waals surface area contributed by atoms with Gasteiger partial charge in [0.1, 0.15) is 0 Å². The van der Waals surface area contributed by atoms with Crippen molar-refractivity contribution in [3.63, 3.8) is 0 Å². The van der Waals surface area contributed by atoms with Crippen LogP contribution < -0.4 is 0 Å². The normalized spacial score (nSPS) is 26.8. The Morgan fingerprint density at radius 1 is 1.14 bits per heavy atom. The highest BCUT2D eigenvalue weighted by Crippen LogP contribution is 2.49. The number of hydrogen-bond acceptors (Lipinski definition) is 3. The number of rotatable bonds is 5. The summed E-state index contributed by atoms with van der Waals surface area (Å²) in [6.07, 6.45) is 5.56. The highest BCUT2D eigenvalue weighted by molar-refractivity contribution is 5.97. The Hall–Kier alpha value is -1.64. The fraction of sp³-hybridized carbons (Fsp3) is 0.556. The molecule has 2 bridgehead atoms. The molecule has 112 valence electrons. The van der Waals surface area contributed by atoms with Gasteiger partial charge in [-0.25, -0.2) is 0 Å². The van der Waals surface area contributed by atoms with Gasteiger partial charge in [-0.1, -0.05) is 36.2 Å². The van der Waals surface area contributed by atoms with Crippen LogP contribution in [-0.4, -0.2) is 18.4 Å². The lowest BCUT2D eigenvalue weighted by Crippen LogP contribution is -2.19. The lowest BCUT2D eigenvalue weighted by molar-refractivity contribution is -0.144. The van der Waals surface area contributed by atoms with Crippen LogP contribution in [0.25, 0.3) is 0 Å². The number of carbonyl (C=O) groups excluding carboxylic acids is 2. The van der Waals surface area contributed by atoms with Gasteiger partial charge in [0.2, 0.25) is 0 Å². The molecule has 0 amide bonds.